The predicted molar refractivity (Wildman–Crippen MR) is 86.8 cm³/mol. The van der Waals surface area contributed by atoms with Crippen LogP contribution >= 0.6 is 23.2 Å². The molecule has 0 radical (unpaired) electrons. The summed E-state index contributed by atoms with van der Waals surface area (Å²) in [5.41, 5.74) is 0.446. The van der Waals surface area contributed by atoms with Crippen molar-refractivity contribution >= 4 is 29.1 Å². The molecule has 1 N–H and O–H groups in total. The van der Waals surface area contributed by atoms with Gasteiger partial charge in [0.25, 0.3) is 5.91 Å². The van der Waals surface area contributed by atoms with Crippen LogP contribution < -0.4 is 5.32 Å². The van der Waals surface area contributed by atoms with Crippen molar-refractivity contribution in [3.05, 3.63) is 33.8 Å². The van der Waals surface area contributed by atoms with Crippen molar-refractivity contribution in [1.82, 2.24) is 5.32 Å². The number of nitrogens with one attached hydrogen (secondary N) is 1. The largest absolute Gasteiger partial charge is 0.352 e. The van der Waals surface area contributed by atoms with Gasteiger partial charge in [0, 0.05) is 11.6 Å². The van der Waals surface area contributed by atoms with E-state index in [2.05, 4.69) is 12.2 Å². The van der Waals surface area contributed by atoms with Crippen LogP contribution in [0.15, 0.2) is 18.2 Å². The van der Waals surface area contributed by atoms with Crippen LogP contribution in [0.4, 0.5) is 0 Å². The summed E-state index contributed by atoms with van der Waals surface area (Å²) in [4.78, 5) is 11.9. The van der Waals surface area contributed by atoms with Gasteiger partial charge in [0.05, 0.1) is 10.6 Å². The van der Waals surface area contributed by atoms with Crippen molar-refractivity contribution < 1.29 is 4.79 Å². The molecule has 0 aliphatic carbocycles. The smallest absolute Gasteiger partial charge is 0.252 e. The summed E-state index contributed by atoms with van der Waals surface area (Å²) in [6.45, 7) is 2.91. The summed E-state index contributed by atoms with van der Waals surface area (Å²) >= 11 is 11.8. The van der Waals surface area contributed by atoms with E-state index in [1.165, 1.54) is 32.1 Å². The Labute approximate surface area is 131 Å². The number of carbonyl (C=O) groups is 1. The van der Waals surface area contributed by atoms with Crippen molar-refractivity contribution in [2.75, 3.05) is 6.54 Å². The Morgan fingerprint density at radius 1 is 1.05 bits per heavy atom. The average Bonchev–Trinajstić information content (AvgIpc) is 2.44. The van der Waals surface area contributed by atoms with Crippen LogP contribution in [-0.2, 0) is 0 Å². The number of rotatable bonds is 9. The third-order valence-corrected chi connectivity index (χ3v) is 3.80. The number of carbonyl (C=O) groups excluding carboxylic acids is 1. The van der Waals surface area contributed by atoms with E-state index in [-0.39, 0.29) is 5.91 Å². The van der Waals surface area contributed by atoms with Gasteiger partial charge >= 0.3 is 0 Å². The summed E-state index contributed by atoms with van der Waals surface area (Å²) in [6.07, 6.45) is 8.63. The Morgan fingerprint density at radius 3 is 2.40 bits per heavy atom. The molecule has 4 heteroatoms. The van der Waals surface area contributed by atoms with E-state index in [0.717, 1.165) is 12.8 Å². The number of benzene rings is 1. The van der Waals surface area contributed by atoms with Gasteiger partial charge in [-0.25, -0.2) is 0 Å². The second kappa shape index (κ2) is 10.1. The maximum Gasteiger partial charge on any atom is 0.252 e. The highest BCUT2D eigenvalue weighted by atomic mass is 35.5. The maximum atomic E-state index is 11.9. The van der Waals surface area contributed by atoms with Crippen molar-refractivity contribution in [3.63, 3.8) is 0 Å². The second-order valence-corrected chi connectivity index (χ2v) is 5.85. The van der Waals surface area contributed by atoms with Crippen molar-refractivity contribution in [1.29, 1.82) is 0 Å². The minimum atomic E-state index is -0.150. The van der Waals surface area contributed by atoms with Gasteiger partial charge in [0.1, 0.15) is 0 Å². The fourth-order valence-corrected chi connectivity index (χ4v) is 2.43. The standard InChI is InChI=1S/C16H23Cl2NO/c1-2-3-4-5-6-7-8-11-19-16(20)14-12-13(17)9-10-15(14)18/h9-10,12H,2-8,11H2,1H3,(H,19,20). The molecule has 112 valence electrons. The van der Waals surface area contributed by atoms with Crippen LogP contribution in [0.3, 0.4) is 0 Å². The van der Waals surface area contributed by atoms with Crippen molar-refractivity contribution in [2.45, 2.75) is 51.9 Å². The Bertz CT molecular complexity index is 421. The quantitative estimate of drug-likeness (QED) is 0.601. The number of unbranched alkanes of at least 4 members (excludes halogenated alkanes) is 6. The van der Waals surface area contributed by atoms with Crippen LogP contribution in [0, 0.1) is 0 Å². The molecule has 1 aromatic rings. The lowest BCUT2D eigenvalue weighted by Crippen LogP contribution is -2.24. The molecule has 1 amide bonds. The molecule has 0 bridgehead atoms. The van der Waals surface area contributed by atoms with Gasteiger partial charge in [-0.2, -0.15) is 0 Å². The van der Waals surface area contributed by atoms with Crippen LogP contribution in [0.25, 0.3) is 0 Å². The molecular formula is C16H23Cl2NO. The lowest BCUT2D eigenvalue weighted by molar-refractivity contribution is 0.0953. The van der Waals surface area contributed by atoms with Gasteiger partial charge in [0.2, 0.25) is 0 Å². The monoisotopic (exact) mass is 315 g/mol. The molecule has 1 aromatic carbocycles. The highest BCUT2D eigenvalue weighted by Crippen LogP contribution is 2.20. The summed E-state index contributed by atoms with van der Waals surface area (Å²) in [5.74, 6) is -0.150. The molecule has 0 aliphatic rings. The second-order valence-electron chi connectivity index (χ2n) is 5.00. The van der Waals surface area contributed by atoms with E-state index in [1.54, 1.807) is 18.2 Å². The first-order valence-corrected chi connectivity index (χ1v) is 8.14. The van der Waals surface area contributed by atoms with Gasteiger partial charge in [-0.3, -0.25) is 4.79 Å². The Morgan fingerprint density at radius 2 is 1.70 bits per heavy atom. The normalized spacial score (nSPS) is 10.6. The topological polar surface area (TPSA) is 29.1 Å². The minimum Gasteiger partial charge on any atom is -0.352 e. The molecule has 1 rings (SSSR count). The third-order valence-electron chi connectivity index (χ3n) is 3.24. The summed E-state index contributed by atoms with van der Waals surface area (Å²) < 4.78 is 0. The van der Waals surface area contributed by atoms with Crippen molar-refractivity contribution in [3.8, 4) is 0 Å². The fraction of sp³-hybridized carbons (Fsp3) is 0.562. The third kappa shape index (κ3) is 6.62. The minimum absolute atomic E-state index is 0.150. The van der Waals surface area contributed by atoms with Crippen LogP contribution in [0.5, 0.6) is 0 Å². The van der Waals surface area contributed by atoms with E-state index in [0.29, 0.717) is 22.2 Å². The molecule has 0 saturated heterocycles. The van der Waals surface area contributed by atoms with E-state index in [9.17, 15) is 4.79 Å². The fourth-order valence-electron chi connectivity index (χ4n) is 2.05. The van der Waals surface area contributed by atoms with Gasteiger partial charge in [-0.1, -0.05) is 68.7 Å². The molecule has 0 spiro atoms. The Kier molecular flexibility index (Phi) is 8.72. The first-order chi connectivity index (χ1) is 9.65. The van der Waals surface area contributed by atoms with Gasteiger partial charge in [-0.05, 0) is 24.6 Å². The molecule has 0 atom stereocenters. The van der Waals surface area contributed by atoms with Gasteiger partial charge in [-0.15, -0.1) is 0 Å². The highest BCUT2D eigenvalue weighted by molar-refractivity contribution is 6.35. The zero-order valence-corrected chi connectivity index (χ0v) is 13.6. The first-order valence-electron chi connectivity index (χ1n) is 7.38. The Hall–Kier alpha value is -0.730. The molecule has 0 aliphatic heterocycles. The number of hydrogen-bond acceptors (Lipinski definition) is 1. The number of hydrogen-bond donors (Lipinski definition) is 1. The molecule has 0 fully saturated rings. The molecule has 2 nitrogen and oxygen atoms in total. The molecule has 20 heavy (non-hydrogen) atoms. The van der Waals surface area contributed by atoms with Gasteiger partial charge in [0.15, 0.2) is 0 Å². The van der Waals surface area contributed by atoms with Crippen molar-refractivity contribution in [2.24, 2.45) is 0 Å². The SMILES string of the molecule is CCCCCCCCCNC(=O)c1cc(Cl)ccc1Cl. The first kappa shape index (κ1) is 17.3. The maximum absolute atomic E-state index is 11.9. The molecule has 0 unspecified atom stereocenters. The average molecular weight is 316 g/mol. The highest BCUT2D eigenvalue weighted by Gasteiger charge is 2.09. The van der Waals surface area contributed by atoms with E-state index in [4.69, 9.17) is 23.2 Å². The van der Waals surface area contributed by atoms with Crippen LogP contribution in [-0.4, -0.2) is 12.5 Å². The molecule has 0 saturated carbocycles. The summed E-state index contributed by atoms with van der Waals surface area (Å²) in [5, 5.41) is 3.85. The Balaban J connectivity index is 2.18. The summed E-state index contributed by atoms with van der Waals surface area (Å²) in [7, 11) is 0. The number of halogens is 2. The molecule has 0 aromatic heterocycles. The zero-order chi connectivity index (χ0) is 14.8. The zero-order valence-electron chi connectivity index (χ0n) is 12.1. The van der Waals surface area contributed by atoms with Crippen LogP contribution in [0.2, 0.25) is 10.0 Å². The molecular weight excluding hydrogens is 293 g/mol. The summed E-state index contributed by atoms with van der Waals surface area (Å²) in [6, 6.07) is 4.92. The van der Waals surface area contributed by atoms with E-state index < -0.39 is 0 Å². The van der Waals surface area contributed by atoms with E-state index >= 15 is 0 Å². The predicted octanol–water partition coefficient (Wildman–Crippen LogP) is 5.47. The number of amides is 1. The molecule has 0 heterocycles. The van der Waals surface area contributed by atoms with E-state index in [1.807, 2.05) is 0 Å². The lowest BCUT2D eigenvalue weighted by Gasteiger charge is -2.07. The van der Waals surface area contributed by atoms with Crippen LogP contribution in [0.1, 0.15) is 62.2 Å². The van der Waals surface area contributed by atoms with Gasteiger partial charge < -0.3 is 5.32 Å². The lowest BCUT2D eigenvalue weighted by atomic mass is 10.1.